The number of hydrogen-bond donors (Lipinski definition) is 1. The molecule has 0 aliphatic rings. The molecule has 0 fully saturated rings. The Morgan fingerprint density at radius 3 is 2.68 bits per heavy atom. The van der Waals surface area contributed by atoms with E-state index in [4.69, 9.17) is 22.8 Å². The second-order valence-corrected chi connectivity index (χ2v) is 6.16. The molecule has 0 unspecified atom stereocenters. The molecule has 0 aliphatic heterocycles. The summed E-state index contributed by atoms with van der Waals surface area (Å²) in [5.74, 6) is 2.32. The second-order valence-electron chi connectivity index (χ2n) is 4.81. The second kappa shape index (κ2) is 8.94. The molecule has 6 heteroatoms. The predicted octanol–water partition coefficient (Wildman–Crippen LogP) is 4.66. The van der Waals surface area contributed by atoms with Crippen LogP contribution in [0.25, 0.3) is 6.08 Å². The molecule has 4 nitrogen and oxygen atoms in total. The van der Waals surface area contributed by atoms with Gasteiger partial charge >= 0.3 is 0 Å². The number of halogens is 2. The smallest absolute Gasteiger partial charge is 0.266 e. The summed E-state index contributed by atoms with van der Waals surface area (Å²) in [6.45, 7) is 0.0847. The zero-order chi connectivity index (χ0) is 18.2. The molecule has 2 rings (SSSR count). The Labute approximate surface area is 159 Å². The van der Waals surface area contributed by atoms with Crippen molar-refractivity contribution in [3.05, 3.63) is 63.1 Å². The maximum Gasteiger partial charge on any atom is 0.266 e. The zero-order valence-corrected chi connectivity index (χ0v) is 15.3. The van der Waals surface area contributed by atoms with Gasteiger partial charge in [0.05, 0.1) is 0 Å². The quantitative estimate of drug-likeness (QED) is 0.439. The van der Waals surface area contributed by atoms with Crippen LogP contribution in [-0.4, -0.2) is 12.5 Å². The van der Waals surface area contributed by atoms with Gasteiger partial charge in [-0.2, -0.15) is 5.26 Å². The molecule has 1 amide bonds. The van der Waals surface area contributed by atoms with Crippen LogP contribution in [-0.2, 0) is 4.79 Å². The average molecular weight is 416 g/mol. The van der Waals surface area contributed by atoms with E-state index in [0.717, 1.165) is 4.47 Å². The fourth-order valence-electron chi connectivity index (χ4n) is 1.92. The van der Waals surface area contributed by atoms with Crippen LogP contribution in [0, 0.1) is 23.7 Å². The Kier molecular flexibility index (Phi) is 6.65. The molecule has 2 aromatic carbocycles. The molecule has 0 radical (unpaired) electrons. The van der Waals surface area contributed by atoms with Gasteiger partial charge in [-0.1, -0.05) is 33.5 Å². The molecule has 2 aromatic rings. The fourth-order valence-corrected chi connectivity index (χ4v) is 2.42. The van der Waals surface area contributed by atoms with E-state index in [9.17, 15) is 10.1 Å². The lowest BCUT2D eigenvalue weighted by molar-refractivity contribution is -0.112. The third-order valence-corrected chi connectivity index (χ3v) is 3.80. The van der Waals surface area contributed by atoms with Crippen molar-refractivity contribution < 1.29 is 9.53 Å². The minimum atomic E-state index is -0.535. The number of amides is 1. The Hall–Kier alpha value is -2.73. The van der Waals surface area contributed by atoms with Gasteiger partial charge in [-0.05, 0) is 48.5 Å². The lowest BCUT2D eigenvalue weighted by Crippen LogP contribution is -2.13. The summed E-state index contributed by atoms with van der Waals surface area (Å²) >= 11 is 9.16. The van der Waals surface area contributed by atoms with Gasteiger partial charge in [0.25, 0.3) is 5.91 Å². The number of anilines is 1. The van der Waals surface area contributed by atoms with Crippen LogP contribution in [0.1, 0.15) is 5.56 Å². The molecule has 0 atom stereocenters. The third kappa shape index (κ3) is 5.39. The Morgan fingerprint density at radius 2 is 2.04 bits per heavy atom. The van der Waals surface area contributed by atoms with E-state index in [1.165, 1.54) is 6.08 Å². The summed E-state index contributed by atoms with van der Waals surface area (Å²) in [6, 6.07) is 13.7. The number of nitriles is 1. The lowest BCUT2D eigenvalue weighted by Gasteiger charge is -2.08. The van der Waals surface area contributed by atoms with E-state index in [1.807, 2.05) is 6.07 Å². The SMILES string of the molecule is C#CCOc1ccc(Br)cc1/C=C(\C#N)C(=O)Nc1ccc(Cl)cc1. The molecule has 124 valence electrons. The van der Waals surface area contributed by atoms with Crippen LogP contribution in [0.5, 0.6) is 5.75 Å². The first-order chi connectivity index (χ1) is 12.0. The first-order valence-electron chi connectivity index (χ1n) is 7.08. The van der Waals surface area contributed by atoms with Crippen molar-refractivity contribution >= 4 is 45.2 Å². The number of terminal acetylenes is 1. The van der Waals surface area contributed by atoms with E-state index >= 15 is 0 Å². The van der Waals surface area contributed by atoms with E-state index in [2.05, 4.69) is 27.2 Å². The number of nitrogens with one attached hydrogen (secondary N) is 1. The molecule has 0 aliphatic carbocycles. The average Bonchev–Trinajstić information content (AvgIpc) is 2.60. The highest BCUT2D eigenvalue weighted by Crippen LogP contribution is 2.26. The van der Waals surface area contributed by atoms with Crippen LogP contribution in [0.3, 0.4) is 0 Å². The van der Waals surface area contributed by atoms with Gasteiger partial charge in [-0.25, -0.2) is 0 Å². The maximum atomic E-state index is 12.3. The summed E-state index contributed by atoms with van der Waals surface area (Å²) in [5, 5.41) is 12.5. The van der Waals surface area contributed by atoms with Crippen LogP contribution >= 0.6 is 27.5 Å². The first-order valence-corrected chi connectivity index (χ1v) is 8.25. The summed E-state index contributed by atoms with van der Waals surface area (Å²) in [6.07, 6.45) is 6.65. The van der Waals surface area contributed by atoms with Gasteiger partial charge < -0.3 is 10.1 Å². The topological polar surface area (TPSA) is 62.1 Å². The van der Waals surface area contributed by atoms with Crippen molar-refractivity contribution in [3.63, 3.8) is 0 Å². The molecule has 0 saturated carbocycles. The monoisotopic (exact) mass is 414 g/mol. The van der Waals surface area contributed by atoms with Crippen molar-refractivity contribution in [2.75, 3.05) is 11.9 Å². The van der Waals surface area contributed by atoms with Crippen LogP contribution in [0.2, 0.25) is 5.02 Å². The Bertz CT molecular complexity index is 893. The summed E-state index contributed by atoms with van der Waals surface area (Å²) in [4.78, 5) is 12.3. The highest BCUT2D eigenvalue weighted by Gasteiger charge is 2.12. The van der Waals surface area contributed by atoms with Crippen LogP contribution in [0.15, 0.2) is 52.5 Å². The van der Waals surface area contributed by atoms with Crippen LogP contribution < -0.4 is 10.1 Å². The largest absolute Gasteiger partial charge is 0.480 e. The maximum absolute atomic E-state index is 12.3. The number of benzene rings is 2. The lowest BCUT2D eigenvalue weighted by atomic mass is 10.1. The number of rotatable bonds is 5. The van der Waals surface area contributed by atoms with Crippen molar-refractivity contribution in [2.45, 2.75) is 0 Å². The van der Waals surface area contributed by atoms with Crippen LogP contribution in [0.4, 0.5) is 5.69 Å². The molecule has 0 bridgehead atoms. The molecular weight excluding hydrogens is 404 g/mol. The minimum Gasteiger partial charge on any atom is -0.480 e. The normalized spacial score (nSPS) is 10.5. The molecule has 0 aromatic heterocycles. The number of ether oxygens (including phenoxy) is 1. The first kappa shape index (κ1) is 18.6. The summed E-state index contributed by atoms with van der Waals surface area (Å²) < 4.78 is 6.22. The van der Waals surface area contributed by atoms with Gasteiger partial charge in [0.2, 0.25) is 0 Å². The van der Waals surface area contributed by atoms with E-state index in [1.54, 1.807) is 42.5 Å². The van der Waals surface area contributed by atoms with Crippen molar-refractivity contribution in [1.29, 1.82) is 5.26 Å². The van der Waals surface area contributed by atoms with Gasteiger partial charge in [0, 0.05) is 20.7 Å². The molecule has 25 heavy (non-hydrogen) atoms. The number of carbonyl (C=O) groups excluding carboxylic acids is 1. The van der Waals surface area contributed by atoms with E-state index < -0.39 is 5.91 Å². The molecule has 0 saturated heterocycles. The summed E-state index contributed by atoms with van der Waals surface area (Å²) in [5.41, 5.74) is 1.03. The van der Waals surface area contributed by atoms with E-state index in [-0.39, 0.29) is 12.2 Å². The van der Waals surface area contributed by atoms with Gasteiger partial charge in [-0.3, -0.25) is 4.79 Å². The van der Waals surface area contributed by atoms with E-state index in [0.29, 0.717) is 22.0 Å². The highest BCUT2D eigenvalue weighted by atomic mass is 79.9. The predicted molar refractivity (Wildman–Crippen MR) is 102 cm³/mol. The fraction of sp³-hybridized carbons (Fsp3) is 0.0526. The molecular formula is C19H12BrClN2O2. The molecule has 1 N–H and O–H groups in total. The Balaban J connectivity index is 2.29. The molecule has 0 heterocycles. The standard InChI is InChI=1S/C19H12BrClN2O2/c1-2-9-25-18-8-3-15(20)11-13(18)10-14(12-22)19(24)23-17-6-4-16(21)5-7-17/h1,3-8,10-11H,9H2,(H,23,24)/b14-10+. The van der Waals surface area contributed by atoms with Gasteiger partial charge in [0.15, 0.2) is 0 Å². The van der Waals surface area contributed by atoms with Crippen molar-refractivity contribution in [2.24, 2.45) is 0 Å². The number of hydrogen-bond acceptors (Lipinski definition) is 3. The van der Waals surface area contributed by atoms with Crippen molar-refractivity contribution in [1.82, 2.24) is 0 Å². The van der Waals surface area contributed by atoms with Gasteiger partial charge in [-0.15, -0.1) is 6.42 Å². The van der Waals surface area contributed by atoms with Gasteiger partial charge in [0.1, 0.15) is 24.0 Å². The van der Waals surface area contributed by atoms with Crippen molar-refractivity contribution in [3.8, 4) is 24.2 Å². The number of nitrogens with zero attached hydrogens (tertiary/aromatic N) is 1. The molecule has 0 spiro atoms. The zero-order valence-electron chi connectivity index (χ0n) is 12.9. The third-order valence-electron chi connectivity index (χ3n) is 3.05. The number of carbonyl (C=O) groups is 1. The summed E-state index contributed by atoms with van der Waals surface area (Å²) in [7, 11) is 0. The Morgan fingerprint density at radius 1 is 1.32 bits per heavy atom. The highest BCUT2D eigenvalue weighted by molar-refractivity contribution is 9.10. The minimum absolute atomic E-state index is 0.0707.